The van der Waals surface area contributed by atoms with Crippen LogP contribution in [0, 0.1) is 11.6 Å². The summed E-state index contributed by atoms with van der Waals surface area (Å²) >= 11 is 0. The zero-order valence-electron chi connectivity index (χ0n) is 11.6. The van der Waals surface area contributed by atoms with E-state index in [4.69, 9.17) is 9.84 Å². The quantitative estimate of drug-likeness (QED) is 0.763. The molecule has 1 atom stereocenters. The summed E-state index contributed by atoms with van der Waals surface area (Å²) in [6.07, 6.45) is 0.338. The largest absolute Gasteiger partial charge is 0.480 e. The van der Waals surface area contributed by atoms with E-state index in [1.165, 1.54) is 13.2 Å². The molecular formula is C14H17F2NO4. The number of amides is 1. The third-order valence-corrected chi connectivity index (χ3v) is 2.87. The van der Waals surface area contributed by atoms with E-state index in [0.29, 0.717) is 5.56 Å². The lowest BCUT2D eigenvalue weighted by molar-refractivity contribution is -0.142. The fourth-order valence-corrected chi connectivity index (χ4v) is 1.71. The molecule has 0 saturated heterocycles. The molecular weight excluding hydrogens is 284 g/mol. The Bertz CT molecular complexity index is 508. The van der Waals surface area contributed by atoms with E-state index in [2.05, 4.69) is 5.32 Å². The average Bonchev–Trinajstić information content (AvgIpc) is 2.44. The zero-order valence-corrected chi connectivity index (χ0v) is 11.6. The molecule has 0 heterocycles. The fraction of sp³-hybridized carbons (Fsp3) is 0.429. The van der Waals surface area contributed by atoms with Crippen molar-refractivity contribution in [2.45, 2.75) is 25.3 Å². The molecule has 0 radical (unpaired) electrons. The highest BCUT2D eigenvalue weighted by Crippen LogP contribution is 2.10. The Hall–Kier alpha value is -2.02. The van der Waals surface area contributed by atoms with Crippen molar-refractivity contribution in [3.05, 3.63) is 35.4 Å². The molecule has 1 amide bonds. The van der Waals surface area contributed by atoms with Gasteiger partial charge in [0.25, 0.3) is 0 Å². The number of carboxylic acids is 1. The second-order valence-corrected chi connectivity index (χ2v) is 4.49. The molecule has 5 nitrogen and oxygen atoms in total. The van der Waals surface area contributed by atoms with Gasteiger partial charge < -0.3 is 15.2 Å². The summed E-state index contributed by atoms with van der Waals surface area (Å²) in [5, 5.41) is 11.3. The number of rotatable bonds is 8. The Morgan fingerprint density at radius 2 is 2.05 bits per heavy atom. The van der Waals surface area contributed by atoms with Crippen molar-refractivity contribution in [1.29, 1.82) is 0 Å². The van der Waals surface area contributed by atoms with Crippen LogP contribution in [0.5, 0.6) is 0 Å². The van der Waals surface area contributed by atoms with Crippen LogP contribution >= 0.6 is 0 Å². The zero-order chi connectivity index (χ0) is 15.8. The molecule has 0 aliphatic rings. The lowest BCUT2D eigenvalue weighted by Gasteiger charge is -2.14. The van der Waals surface area contributed by atoms with Crippen LogP contribution in [0.3, 0.4) is 0 Å². The van der Waals surface area contributed by atoms with Crippen LogP contribution in [0.1, 0.15) is 18.4 Å². The van der Waals surface area contributed by atoms with Gasteiger partial charge in [0.2, 0.25) is 5.91 Å². The molecule has 0 aromatic heterocycles. The first-order valence-electron chi connectivity index (χ1n) is 6.39. The molecule has 0 bridgehead atoms. The maximum Gasteiger partial charge on any atom is 0.326 e. The first-order chi connectivity index (χ1) is 9.93. The second kappa shape index (κ2) is 8.31. The van der Waals surface area contributed by atoms with Crippen LogP contribution in [0.25, 0.3) is 0 Å². The van der Waals surface area contributed by atoms with Gasteiger partial charge in [0.15, 0.2) is 11.6 Å². The molecule has 2 N–H and O–H groups in total. The number of methoxy groups -OCH3 is 1. The number of carbonyl (C=O) groups excluding carboxylic acids is 1. The van der Waals surface area contributed by atoms with Gasteiger partial charge >= 0.3 is 5.97 Å². The van der Waals surface area contributed by atoms with Crippen LogP contribution in [0.2, 0.25) is 0 Å². The van der Waals surface area contributed by atoms with Crippen LogP contribution < -0.4 is 5.32 Å². The third kappa shape index (κ3) is 5.86. The minimum atomic E-state index is -1.15. The molecule has 1 aromatic rings. The number of hydrogen-bond donors (Lipinski definition) is 2. The molecule has 116 valence electrons. The molecule has 7 heteroatoms. The lowest BCUT2D eigenvalue weighted by atomic mass is 10.1. The van der Waals surface area contributed by atoms with Crippen LogP contribution in [-0.2, 0) is 20.7 Å². The Balaban J connectivity index is 2.48. The van der Waals surface area contributed by atoms with Gasteiger partial charge in [-0.1, -0.05) is 6.07 Å². The SMILES string of the molecule is COCCC(NC(=O)CCc1ccc(F)c(F)c1)C(=O)O. The van der Waals surface area contributed by atoms with E-state index in [1.807, 2.05) is 0 Å². The summed E-state index contributed by atoms with van der Waals surface area (Å²) in [6.45, 7) is 0.209. The number of carboxylic acid groups (broad SMARTS) is 1. The minimum absolute atomic E-state index is 0.0121. The molecule has 0 aliphatic carbocycles. The van der Waals surface area contributed by atoms with Crippen molar-refractivity contribution in [1.82, 2.24) is 5.32 Å². The van der Waals surface area contributed by atoms with Gasteiger partial charge in [-0.25, -0.2) is 13.6 Å². The van der Waals surface area contributed by atoms with Crippen molar-refractivity contribution in [3.63, 3.8) is 0 Å². The Morgan fingerprint density at radius 1 is 1.33 bits per heavy atom. The summed E-state index contributed by atoms with van der Waals surface area (Å²) in [6, 6.07) is 2.36. The van der Waals surface area contributed by atoms with Crippen molar-refractivity contribution in [2.75, 3.05) is 13.7 Å². The maximum absolute atomic E-state index is 13.0. The highest BCUT2D eigenvalue weighted by molar-refractivity contribution is 5.83. The highest BCUT2D eigenvalue weighted by atomic mass is 19.2. The minimum Gasteiger partial charge on any atom is -0.480 e. The van der Waals surface area contributed by atoms with E-state index in [-0.39, 0.29) is 25.9 Å². The van der Waals surface area contributed by atoms with Gasteiger partial charge in [-0.15, -0.1) is 0 Å². The summed E-state index contributed by atoms with van der Waals surface area (Å²) < 4.78 is 30.5. The lowest BCUT2D eigenvalue weighted by Crippen LogP contribution is -2.41. The molecule has 0 spiro atoms. The maximum atomic E-state index is 13.0. The van der Waals surface area contributed by atoms with Gasteiger partial charge in [-0.2, -0.15) is 0 Å². The Morgan fingerprint density at radius 3 is 2.62 bits per heavy atom. The first kappa shape index (κ1) is 17.0. The summed E-state index contributed by atoms with van der Waals surface area (Å²) in [5.74, 6) is -3.54. The van der Waals surface area contributed by atoms with Gasteiger partial charge in [0.05, 0.1) is 0 Å². The van der Waals surface area contributed by atoms with Crippen LogP contribution in [0.15, 0.2) is 18.2 Å². The smallest absolute Gasteiger partial charge is 0.326 e. The molecule has 0 aliphatic heterocycles. The molecule has 0 fully saturated rings. The van der Waals surface area contributed by atoms with Crippen molar-refractivity contribution in [3.8, 4) is 0 Å². The highest BCUT2D eigenvalue weighted by Gasteiger charge is 2.19. The topological polar surface area (TPSA) is 75.6 Å². The van der Waals surface area contributed by atoms with Crippen molar-refractivity contribution < 1.29 is 28.2 Å². The molecule has 1 unspecified atom stereocenters. The second-order valence-electron chi connectivity index (χ2n) is 4.49. The van der Waals surface area contributed by atoms with E-state index in [0.717, 1.165) is 12.1 Å². The summed E-state index contributed by atoms with van der Waals surface area (Å²) in [5.41, 5.74) is 0.466. The number of ether oxygens (including phenoxy) is 1. The summed E-state index contributed by atoms with van der Waals surface area (Å²) in [7, 11) is 1.43. The molecule has 21 heavy (non-hydrogen) atoms. The number of benzene rings is 1. The molecule has 1 rings (SSSR count). The van der Waals surface area contributed by atoms with E-state index >= 15 is 0 Å². The Labute approximate surface area is 120 Å². The van der Waals surface area contributed by atoms with Crippen molar-refractivity contribution in [2.24, 2.45) is 0 Å². The predicted octanol–water partition coefficient (Wildman–Crippen LogP) is 1.50. The van der Waals surface area contributed by atoms with Gasteiger partial charge in [0.1, 0.15) is 6.04 Å². The normalized spacial score (nSPS) is 12.0. The van der Waals surface area contributed by atoms with Gasteiger partial charge in [0, 0.05) is 26.6 Å². The molecule has 0 saturated carbocycles. The predicted molar refractivity (Wildman–Crippen MR) is 70.7 cm³/mol. The Kier molecular flexibility index (Phi) is 6.74. The third-order valence-electron chi connectivity index (χ3n) is 2.87. The van der Waals surface area contributed by atoms with Gasteiger partial charge in [-0.05, 0) is 24.1 Å². The number of nitrogens with one attached hydrogen (secondary N) is 1. The number of aryl methyl sites for hydroxylation is 1. The number of hydrogen-bond acceptors (Lipinski definition) is 3. The number of halogens is 2. The monoisotopic (exact) mass is 301 g/mol. The number of aliphatic carboxylic acids is 1. The van der Waals surface area contributed by atoms with E-state index < -0.39 is 29.6 Å². The molecule has 1 aromatic carbocycles. The van der Waals surface area contributed by atoms with Crippen molar-refractivity contribution >= 4 is 11.9 Å². The average molecular weight is 301 g/mol. The van der Waals surface area contributed by atoms with E-state index in [1.54, 1.807) is 0 Å². The number of carbonyl (C=O) groups is 2. The van der Waals surface area contributed by atoms with Gasteiger partial charge in [-0.3, -0.25) is 4.79 Å². The van der Waals surface area contributed by atoms with Crippen LogP contribution in [0.4, 0.5) is 8.78 Å². The summed E-state index contributed by atoms with van der Waals surface area (Å²) in [4.78, 5) is 22.6. The fourth-order valence-electron chi connectivity index (χ4n) is 1.71. The standard InChI is InChI=1S/C14H17F2NO4/c1-21-7-6-12(14(19)20)17-13(18)5-3-9-2-4-10(15)11(16)8-9/h2,4,8,12H,3,5-7H2,1H3,(H,17,18)(H,19,20). The van der Waals surface area contributed by atoms with Crippen LogP contribution in [-0.4, -0.2) is 36.7 Å². The first-order valence-corrected chi connectivity index (χ1v) is 6.39. The van der Waals surface area contributed by atoms with E-state index in [9.17, 15) is 18.4 Å².